The van der Waals surface area contributed by atoms with Gasteiger partial charge in [-0.25, -0.2) is 4.79 Å². The van der Waals surface area contributed by atoms with Crippen LogP contribution in [0, 0.1) is 0 Å². The van der Waals surface area contributed by atoms with Crippen molar-refractivity contribution in [2.24, 2.45) is 0 Å². The zero-order chi connectivity index (χ0) is 15.0. The maximum atomic E-state index is 12.4. The van der Waals surface area contributed by atoms with Gasteiger partial charge in [0.05, 0.1) is 5.56 Å². The van der Waals surface area contributed by atoms with E-state index in [1.165, 1.54) is 0 Å². The lowest BCUT2D eigenvalue weighted by molar-refractivity contribution is 0.00686. The van der Waals surface area contributed by atoms with Gasteiger partial charge in [-0.05, 0) is 50.7 Å². The van der Waals surface area contributed by atoms with E-state index in [0.29, 0.717) is 11.5 Å². The molecule has 0 atom stereocenters. The topological polar surface area (TPSA) is 42.1 Å². The summed E-state index contributed by atoms with van der Waals surface area (Å²) in [6, 6.07) is 10.2. The minimum atomic E-state index is -0.470. The number of nitrogens with one attached hydrogen (secondary N) is 1. The number of rotatable bonds is 3. The molecule has 1 aliphatic rings. The Balaban J connectivity index is 1.99. The standard InChI is InChI=1S/C18H21NO2/c1-18(2,3)21-17(20)14-11-19-16(15(14)12-9-10-12)13-7-5-4-6-8-13/h4-8,11-12,19H,9-10H2,1-3H3. The predicted octanol–water partition coefficient (Wildman–Crippen LogP) is 4.51. The first kappa shape index (κ1) is 13.9. The number of esters is 1. The zero-order valence-corrected chi connectivity index (χ0v) is 12.8. The first-order chi connectivity index (χ1) is 9.96. The molecule has 1 aromatic carbocycles. The Morgan fingerprint density at radius 1 is 1.19 bits per heavy atom. The van der Waals surface area contributed by atoms with E-state index in [1.54, 1.807) is 6.20 Å². The van der Waals surface area contributed by atoms with Crippen molar-refractivity contribution in [1.29, 1.82) is 0 Å². The van der Waals surface area contributed by atoms with Gasteiger partial charge in [0.15, 0.2) is 0 Å². The summed E-state index contributed by atoms with van der Waals surface area (Å²) in [6.07, 6.45) is 4.09. The molecule has 0 aliphatic heterocycles. The molecule has 0 spiro atoms. The van der Waals surface area contributed by atoms with Crippen LogP contribution in [0.3, 0.4) is 0 Å². The number of carbonyl (C=O) groups excluding carboxylic acids is 1. The molecule has 110 valence electrons. The molecule has 1 aromatic heterocycles. The second-order valence-corrected chi connectivity index (χ2v) is 6.63. The van der Waals surface area contributed by atoms with Crippen LogP contribution in [0.1, 0.15) is 55.5 Å². The first-order valence-corrected chi connectivity index (χ1v) is 7.46. The third-order valence-electron chi connectivity index (χ3n) is 3.59. The Labute approximate surface area is 125 Å². The number of carbonyl (C=O) groups is 1. The van der Waals surface area contributed by atoms with Crippen LogP contribution in [0.2, 0.25) is 0 Å². The third kappa shape index (κ3) is 3.02. The van der Waals surface area contributed by atoms with Gasteiger partial charge in [-0.3, -0.25) is 0 Å². The average Bonchev–Trinajstić information content (AvgIpc) is 3.16. The Morgan fingerprint density at radius 3 is 2.43 bits per heavy atom. The Kier molecular flexibility index (Phi) is 3.36. The molecule has 0 radical (unpaired) electrons. The van der Waals surface area contributed by atoms with Gasteiger partial charge in [0.2, 0.25) is 0 Å². The van der Waals surface area contributed by atoms with E-state index in [2.05, 4.69) is 17.1 Å². The molecular formula is C18H21NO2. The molecule has 3 rings (SSSR count). The number of hydrogen-bond acceptors (Lipinski definition) is 2. The minimum Gasteiger partial charge on any atom is -0.456 e. The molecule has 0 saturated heterocycles. The Hall–Kier alpha value is -2.03. The normalized spacial score (nSPS) is 15.0. The van der Waals surface area contributed by atoms with Gasteiger partial charge < -0.3 is 9.72 Å². The second kappa shape index (κ2) is 5.06. The first-order valence-electron chi connectivity index (χ1n) is 7.46. The van der Waals surface area contributed by atoms with Crippen LogP contribution in [0.15, 0.2) is 36.5 Å². The zero-order valence-electron chi connectivity index (χ0n) is 12.8. The molecule has 2 aromatic rings. The lowest BCUT2D eigenvalue weighted by atomic mass is 10.0. The highest BCUT2D eigenvalue weighted by Gasteiger charge is 2.33. The van der Waals surface area contributed by atoms with Crippen molar-refractivity contribution in [3.63, 3.8) is 0 Å². The maximum absolute atomic E-state index is 12.4. The summed E-state index contributed by atoms with van der Waals surface area (Å²) in [7, 11) is 0. The van der Waals surface area contributed by atoms with Crippen molar-refractivity contribution in [2.45, 2.75) is 45.1 Å². The second-order valence-electron chi connectivity index (χ2n) is 6.63. The van der Waals surface area contributed by atoms with Crippen LogP contribution in [0.4, 0.5) is 0 Å². The van der Waals surface area contributed by atoms with E-state index in [0.717, 1.165) is 29.7 Å². The van der Waals surface area contributed by atoms with Crippen molar-refractivity contribution >= 4 is 5.97 Å². The molecule has 1 aliphatic carbocycles. The number of ether oxygens (including phenoxy) is 1. The maximum Gasteiger partial charge on any atom is 0.340 e. The van der Waals surface area contributed by atoms with Crippen molar-refractivity contribution in [3.8, 4) is 11.3 Å². The Bertz CT molecular complexity index is 646. The summed E-state index contributed by atoms with van der Waals surface area (Å²) in [5, 5.41) is 0. The van der Waals surface area contributed by atoms with Gasteiger partial charge in [-0.15, -0.1) is 0 Å². The summed E-state index contributed by atoms with van der Waals surface area (Å²) < 4.78 is 5.53. The summed E-state index contributed by atoms with van der Waals surface area (Å²) in [5.41, 5.74) is 3.51. The fourth-order valence-electron chi connectivity index (χ4n) is 2.58. The van der Waals surface area contributed by atoms with E-state index in [9.17, 15) is 4.79 Å². The third-order valence-corrected chi connectivity index (χ3v) is 3.59. The predicted molar refractivity (Wildman–Crippen MR) is 83.4 cm³/mol. The smallest absolute Gasteiger partial charge is 0.340 e. The summed E-state index contributed by atoms with van der Waals surface area (Å²) in [6.45, 7) is 5.69. The number of H-pyrrole nitrogens is 1. The number of benzene rings is 1. The van der Waals surface area contributed by atoms with Gasteiger partial charge in [-0.1, -0.05) is 30.3 Å². The molecule has 3 heteroatoms. The van der Waals surface area contributed by atoms with E-state index >= 15 is 0 Å². The highest BCUT2D eigenvalue weighted by molar-refractivity contribution is 5.94. The van der Waals surface area contributed by atoms with Gasteiger partial charge >= 0.3 is 5.97 Å². The van der Waals surface area contributed by atoms with Gasteiger partial charge in [0, 0.05) is 11.9 Å². The van der Waals surface area contributed by atoms with Crippen LogP contribution in [-0.2, 0) is 4.74 Å². The van der Waals surface area contributed by atoms with Crippen LogP contribution in [0.5, 0.6) is 0 Å². The van der Waals surface area contributed by atoms with Gasteiger partial charge in [-0.2, -0.15) is 0 Å². The molecule has 1 fully saturated rings. The molecule has 1 saturated carbocycles. The van der Waals surface area contributed by atoms with E-state index in [1.807, 2.05) is 39.0 Å². The summed E-state index contributed by atoms with van der Waals surface area (Å²) in [4.78, 5) is 15.7. The summed E-state index contributed by atoms with van der Waals surface area (Å²) >= 11 is 0. The molecule has 3 nitrogen and oxygen atoms in total. The molecule has 0 bridgehead atoms. The Morgan fingerprint density at radius 2 is 1.86 bits per heavy atom. The molecule has 1 N–H and O–H groups in total. The van der Waals surface area contributed by atoms with Crippen molar-refractivity contribution < 1.29 is 9.53 Å². The van der Waals surface area contributed by atoms with Gasteiger partial charge in [0.1, 0.15) is 5.60 Å². The number of aromatic amines is 1. The van der Waals surface area contributed by atoms with Gasteiger partial charge in [0.25, 0.3) is 0 Å². The minimum absolute atomic E-state index is 0.233. The molecule has 0 unspecified atom stereocenters. The fraction of sp³-hybridized carbons (Fsp3) is 0.389. The average molecular weight is 283 g/mol. The number of aromatic nitrogens is 1. The fourth-order valence-corrected chi connectivity index (χ4v) is 2.58. The lowest BCUT2D eigenvalue weighted by Crippen LogP contribution is -2.24. The van der Waals surface area contributed by atoms with Crippen LogP contribution in [-0.4, -0.2) is 16.6 Å². The largest absolute Gasteiger partial charge is 0.456 e. The van der Waals surface area contributed by atoms with Crippen LogP contribution >= 0.6 is 0 Å². The summed E-state index contributed by atoms with van der Waals surface area (Å²) in [5.74, 6) is 0.247. The van der Waals surface area contributed by atoms with Crippen molar-refractivity contribution in [3.05, 3.63) is 47.7 Å². The van der Waals surface area contributed by atoms with Crippen LogP contribution in [0.25, 0.3) is 11.3 Å². The van der Waals surface area contributed by atoms with Crippen molar-refractivity contribution in [2.75, 3.05) is 0 Å². The lowest BCUT2D eigenvalue weighted by Gasteiger charge is -2.19. The highest BCUT2D eigenvalue weighted by Crippen LogP contribution is 2.46. The van der Waals surface area contributed by atoms with E-state index in [4.69, 9.17) is 4.74 Å². The highest BCUT2D eigenvalue weighted by atomic mass is 16.6. The van der Waals surface area contributed by atoms with Crippen LogP contribution < -0.4 is 0 Å². The van der Waals surface area contributed by atoms with E-state index in [-0.39, 0.29) is 5.97 Å². The monoisotopic (exact) mass is 283 g/mol. The van der Waals surface area contributed by atoms with Crippen molar-refractivity contribution in [1.82, 2.24) is 4.98 Å². The molecule has 0 amide bonds. The molecule has 21 heavy (non-hydrogen) atoms. The quantitative estimate of drug-likeness (QED) is 0.842. The number of hydrogen-bond donors (Lipinski definition) is 1. The SMILES string of the molecule is CC(C)(C)OC(=O)c1c[nH]c(-c2ccccc2)c1C1CC1. The van der Waals surface area contributed by atoms with E-state index < -0.39 is 5.60 Å². The molecule has 1 heterocycles. The molecular weight excluding hydrogens is 262 g/mol.